The Bertz CT molecular complexity index is 734. The van der Waals surface area contributed by atoms with Crippen LogP contribution >= 0.6 is 11.6 Å². The van der Waals surface area contributed by atoms with Gasteiger partial charge in [-0.3, -0.25) is 0 Å². The van der Waals surface area contributed by atoms with Crippen molar-refractivity contribution in [1.82, 2.24) is 4.98 Å². The number of rotatable bonds is 1. The fraction of sp³-hybridized carbons (Fsp3) is 0.0714. The standard InChI is InChI=1S/C14H11ClN2O/c1-8-2-5-12-13(6-8)18-14(17-12)9-3-4-10(15)11(16)7-9/h2-7H,16H2,1H3. The van der Waals surface area contributed by atoms with E-state index in [2.05, 4.69) is 4.98 Å². The van der Waals surface area contributed by atoms with E-state index in [1.807, 2.05) is 31.2 Å². The molecule has 0 spiro atoms. The molecule has 0 aliphatic heterocycles. The number of fused-ring (bicyclic) bond motifs is 1. The maximum Gasteiger partial charge on any atom is 0.227 e. The lowest BCUT2D eigenvalue weighted by Gasteiger charge is -1.99. The van der Waals surface area contributed by atoms with Gasteiger partial charge in [-0.1, -0.05) is 17.7 Å². The smallest absolute Gasteiger partial charge is 0.227 e. The average molecular weight is 259 g/mol. The Kier molecular flexibility index (Phi) is 2.49. The van der Waals surface area contributed by atoms with Crippen molar-refractivity contribution in [2.45, 2.75) is 6.92 Å². The number of oxazole rings is 1. The van der Waals surface area contributed by atoms with E-state index in [1.165, 1.54) is 0 Å². The number of aryl methyl sites for hydroxylation is 1. The van der Waals surface area contributed by atoms with Crippen LogP contribution in [-0.2, 0) is 0 Å². The Balaban J connectivity index is 2.16. The van der Waals surface area contributed by atoms with Crippen molar-refractivity contribution in [3.05, 3.63) is 47.0 Å². The largest absolute Gasteiger partial charge is 0.436 e. The van der Waals surface area contributed by atoms with Crippen LogP contribution in [0.1, 0.15) is 5.56 Å². The topological polar surface area (TPSA) is 52.0 Å². The number of aromatic nitrogens is 1. The van der Waals surface area contributed by atoms with Gasteiger partial charge in [0, 0.05) is 5.56 Å². The predicted molar refractivity (Wildman–Crippen MR) is 73.6 cm³/mol. The van der Waals surface area contributed by atoms with E-state index >= 15 is 0 Å². The molecule has 1 heterocycles. The molecule has 0 fully saturated rings. The lowest BCUT2D eigenvalue weighted by molar-refractivity contribution is 0.619. The molecule has 0 amide bonds. The fourth-order valence-electron chi connectivity index (χ4n) is 1.83. The van der Waals surface area contributed by atoms with Crippen molar-refractivity contribution in [3.8, 4) is 11.5 Å². The second-order valence-electron chi connectivity index (χ2n) is 4.23. The lowest BCUT2D eigenvalue weighted by Crippen LogP contribution is -1.87. The number of nitrogens with two attached hydrogens (primary N) is 1. The molecular formula is C14H11ClN2O. The molecule has 0 saturated heterocycles. The average Bonchev–Trinajstić information content (AvgIpc) is 2.75. The van der Waals surface area contributed by atoms with Crippen LogP contribution in [0.3, 0.4) is 0 Å². The van der Waals surface area contributed by atoms with Gasteiger partial charge in [0.2, 0.25) is 5.89 Å². The molecule has 1 aromatic heterocycles. The van der Waals surface area contributed by atoms with E-state index in [0.29, 0.717) is 16.6 Å². The molecule has 3 nitrogen and oxygen atoms in total. The van der Waals surface area contributed by atoms with Gasteiger partial charge in [0.25, 0.3) is 0 Å². The zero-order valence-electron chi connectivity index (χ0n) is 9.77. The second-order valence-corrected chi connectivity index (χ2v) is 4.63. The zero-order chi connectivity index (χ0) is 12.7. The summed E-state index contributed by atoms with van der Waals surface area (Å²) in [7, 11) is 0. The molecule has 4 heteroatoms. The first-order valence-electron chi connectivity index (χ1n) is 5.56. The Morgan fingerprint density at radius 1 is 1.17 bits per heavy atom. The van der Waals surface area contributed by atoms with Gasteiger partial charge in [0.15, 0.2) is 5.58 Å². The number of nitrogens with zero attached hydrogens (tertiary/aromatic N) is 1. The maximum atomic E-state index is 5.89. The van der Waals surface area contributed by atoms with Gasteiger partial charge >= 0.3 is 0 Å². The normalized spacial score (nSPS) is 11.0. The summed E-state index contributed by atoms with van der Waals surface area (Å²) in [6.45, 7) is 2.02. The van der Waals surface area contributed by atoms with Crippen LogP contribution < -0.4 is 5.73 Å². The Morgan fingerprint density at radius 3 is 2.78 bits per heavy atom. The minimum atomic E-state index is 0.521. The van der Waals surface area contributed by atoms with Crippen molar-refractivity contribution in [1.29, 1.82) is 0 Å². The van der Waals surface area contributed by atoms with Crippen molar-refractivity contribution < 1.29 is 4.42 Å². The highest BCUT2D eigenvalue weighted by Gasteiger charge is 2.09. The zero-order valence-corrected chi connectivity index (χ0v) is 10.5. The van der Waals surface area contributed by atoms with Gasteiger partial charge < -0.3 is 10.2 Å². The summed E-state index contributed by atoms with van der Waals surface area (Å²) >= 11 is 5.89. The highest BCUT2D eigenvalue weighted by Crippen LogP contribution is 2.28. The summed E-state index contributed by atoms with van der Waals surface area (Å²) in [5.74, 6) is 0.555. The lowest BCUT2D eigenvalue weighted by atomic mass is 10.2. The molecule has 3 aromatic rings. The van der Waals surface area contributed by atoms with Crippen LogP contribution in [0.5, 0.6) is 0 Å². The molecule has 0 aliphatic carbocycles. The number of halogens is 1. The third kappa shape index (κ3) is 1.83. The van der Waals surface area contributed by atoms with Crippen molar-refractivity contribution in [2.24, 2.45) is 0 Å². The molecule has 3 rings (SSSR count). The first-order valence-corrected chi connectivity index (χ1v) is 5.94. The molecule has 2 N–H and O–H groups in total. The van der Waals surface area contributed by atoms with Gasteiger partial charge in [-0.2, -0.15) is 0 Å². The summed E-state index contributed by atoms with van der Waals surface area (Å²) in [6.07, 6.45) is 0. The van der Waals surface area contributed by atoms with Gasteiger partial charge in [-0.15, -0.1) is 0 Å². The summed E-state index contributed by atoms with van der Waals surface area (Å²) in [6, 6.07) is 11.3. The van der Waals surface area contributed by atoms with Gasteiger partial charge in [-0.25, -0.2) is 4.98 Å². The van der Waals surface area contributed by atoms with Crippen LogP contribution in [0.2, 0.25) is 5.02 Å². The number of anilines is 1. The van der Waals surface area contributed by atoms with Gasteiger partial charge in [0.1, 0.15) is 5.52 Å². The first kappa shape index (κ1) is 11.1. The molecule has 0 atom stereocenters. The van der Waals surface area contributed by atoms with Crippen LogP contribution in [0, 0.1) is 6.92 Å². The minimum absolute atomic E-state index is 0.521. The van der Waals surface area contributed by atoms with E-state index in [9.17, 15) is 0 Å². The molecule has 0 bridgehead atoms. The highest BCUT2D eigenvalue weighted by molar-refractivity contribution is 6.33. The van der Waals surface area contributed by atoms with Crippen molar-refractivity contribution >= 4 is 28.4 Å². The van der Waals surface area contributed by atoms with Crippen LogP contribution in [-0.4, -0.2) is 4.98 Å². The summed E-state index contributed by atoms with van der Waals surface area (Å²) in [5, 5.41) is 0.533. The quantitative estimate of drug-likeness (QED) is 0.670. The van der Waals surface area contributed by atoms with Crippen molar-refractivity contribution in [3.63, 3.8) is 0 Å². The first-order chi connectivity index (χ1) is 8.63. The Morgan fingerprint density at radius 2 is 2.00 bits per heavy atom. The summed E-state index contributed by atoms with van der Waals surface area (Å²) in [5.41, 5.74) is 9.87. The van der Waals surface area contributed by atoms with Crippen molar-refractivity contribution in [2.75, 3.05) is 5.73 Å². The SMILES string of the molecule is Cc1ccc2nc(-c3ccc(Cl)c(N)c3)oc2c1. The van der Waals surface area contributed by atoms with Crippen LogP contribution in [0.4, 0.5) is 5.69 Å². The molecule has 0 unspecified atom stereocenters. The molecular weight excluding hydrogens is 248 g/mol. The van der Waals surface area contributed by atoms with E-state index in [0.717, 1.165) is 22.2 Å². The third-order valence-corrected chi connectivity index (χ3v) is 3.13. The number of benzene rings is 2. The molecule has 18 heavy (non-hydrogen) atoms. The number of hydrogen-bond acceptors (Lipinski definition) is 3. The predicted octanol–water partition coefficient (Wildman–Crippen LogP) is 4.04. The third-order valence-electron chi connectivity index (χ3n) is 2.79. The Labute approximate surface area is 109 Å². The molecule has 2 aromatic carbocycles. The van der Waals surface area contributed by atoms with E-state index in [1.54, 1.807) is 12.1 Å². The Hall–Kier alpha value is -2.00. The number of nitrogen functional groups attached to an aromatic ring is 1. The number of hydrogen-bond donors (Lipinski definition) is 1. The summed E-state index contributed by atoms with van der Waals surface area (Å²) in [4.78, 5) is 4.43. The monoisotopic (exact) mass is 258 g/mol. The second kappa shape index (κ2) is 4.03. The van der Waals surface area contributed by atoms with E-state index in [-0.39, 0.29) is 0 Å². The highest BCUT2D eigenvalue weighted by atomic mass is 35.5. The summed E-state index contributed by atoms with van der Waals surface area (Å²) < 4.78 is 5.72. The molecule has 90 valence electrons. The molecule has 0 radical (unpaired) electrons. The van der Waals surface area contributed by atoms with Crippen LogP contribution in [0.15, 0.2) is 40.8 Å². The molecule has 0 aliphatic rings. The van der Waals surface area contributed by atoms with E-state index in [4.69, 9.17) is 21.8 Å². The van der Waals surface area contributed by atoms with E-state index < -0.39 is 0 Å². The van der Waals surface area contributed by atoms with Crippen LogP contribution in [0.25, 0.3) is 22.6 Å². The fourth-order valence-corrected chi connectivity index (χ4v) is 1.95. The van der Waals surface area contributed by atoms with Gasteiger partial charge in [0.05, 0.1) is 10.7 Å². The molecule has 0 saturated carbocycles. The maximum absolute atomic E-state index is 5.89. The minimum Gasteiger partial charge on any atom is -0.436 e. The van der Waals surface area contributed by atoms with Gasteiger partial charge in [-0.05, 0) is 42.8 Å².